The smallest absolute Gasteiger partial charge is 0.242 e. The molecule has 0 radical (unpaired) electrons. The third-order valence-corrected chi connectivity index (χ3v) is 7.37. The minimum absolute atomic E-state index is 0.0152. The van der Waals surface area contributed by atoms with E-state index in [-0.39, 0.29) is 43.8 Å². The van der Waals surface area contributed by atoms with Crippen molar-refractivity contribution >= 4 is 39.1 Å². The monoisotopic (exact) mass is 537 g/mol. The number of hydrogen-bond donors (Lipinski definition) is 1. The molecule has 2 amide bonds. The highest BCUT2D eigenvalue weighted by atomic mass is 35.5. The van der Waals surface area contributed by atoms with Gasteiger partial charge in [0.25, 0.3) is 0 Å². The van der Waals surface area contributed by atoms with Crippen molar-refractivity contribution < 1.29 is 22.7 Å². The van der Waals surface area contributed by atoms with Gasteiger partial charge in [-0.15, -0.1) is 0 Å². The number of sulfonamides is 1. The summed E-state index contributed by atoms with van der Waals surface area (Å²) in [6, 6.07) is 13.1. The maximum absolute atomic E-state index is 13.3. The van der Waals surface area contributed by atoms with Crippen molar-refractivity contribution in [3.8, 4) is 5.75 Å². The number of halogens is 1. The van der Waals surface area contributed by atoms with Crippen LogP contribution in [0, 0.1) is 0 Å². The number of hydrogen-bond acceptors (Lipinski definition) is 5. The molecule has 0 aliphatic rings. The van der Waals surface area contributed by atoms with Gasteiger partial charge in [0, 0.05) is 36.6 Å². The summed E-state index contributed by atoms with van der Waals surface area (Å²) >= 11 is 6.00. The van der Waals surface area contributed by atoms with Gasteiger partial charge in [-0.05, 0) is 56.5 Å². The first kappa shape index (κ1) is 29.5. The quantitative estimate of drug-likeness (QED) is 0.412. The molecule has 36 heavy (non-hydrogen) atoms. The topological polar surface area (TPSA) is 96.0 Å². The Morgan fingerprint density at radius 1 is 1.11 bits per heavy atom. The van der Waals surface area contributed by atoms with Gasteiger partial charge in [0.15, 0.2) is 0 Å². The summed E-state index contributed by atoms with van der Waals surface area (Å²) in [5.41, 5.74) is 1.30. The summed E-state index contributed by atoms with van der Waals surface area (Å²) < 4.78 is 31.4. The van der Waals surface area contributed by atoms with Crippen LogP contribution >= 0.6 is 11.6 Å². The van der Waals surface area contributed by atoms with Gasteiger partial charge in [-0.25, -0.2) is 8.42 Å². The Hall–Kier alpha value is -2.78. The Morgan fingerprint density at radius 3 is 2.36 bits per heavy atom. The molecule has 0 aliphatic heterocycles. The first-order valence-corrected chi connectivity index (χ1v) is 14.1. The van der Waals surface area contributed by atoms with Crippen LogP contribution < -0.4 is 14.4 Å². The molecule has 0 unspecified atom stereocenters. The first-order valence-electron chi connectivity index (χ1n) is 11.9. The number of methoxy groups -OCH3 is 1. The fourth-order valence-corrected chi connectivity index (χ4v) is 4.69. The highest BCUT2D eigenvalue weighted by Gasteiger charge is 2.27. The highest BCUT2D eigenvalue weighted by molar-refractivity contribution is 7.92. The van der Waals surface area contributed by atoms with E-state index in [9.17, 15) is 18.0 Å². The standard InChI is InChI=1S/C26H36ClN3O5S/c1-6-19(2)28-26(32)20(3)29(18-21-12-14-22(27)15-13-21)25(31)11-8-16-30(36(5,33)34)23-9-7-10-24(17-23)35-4/h7,9-10,12-15,17,19-20H,6,8,11,16,18H2,1-5H3,(H,28,32)/t19-,20+/m0/s1. The molecule has 198 valence electrons. The predicted molar refractivity (Wildman–Crippen MR) is 144 cm³/mol. The number of amides is 2. The molecule has 0 saturated heterocycles. The number of nitrogens with one attached hydrogen (secondary N) is 1. The molecule has 8 nitrogen and oxygen atoms in total. The first-order chi connectivity index (χ1) is 17.0. The van der Waals surface area contributed by atoms with Crippen LogP contribution in [0.25, 0.3) is 0 Å². The van der Waals surface area contributed by atoms with Crippen molar-refractivity contribution in [3.05, 3.63) is 59.1 Å². The summed E-state index contributed by atoms with van der Waals surface area (Å²) in [6.07, 6.45) is 2.25. The second-order valence-electron chi connectivity index (χ2n) is 8.78. The number of carbonyl (C=O) groups excluding carboxylic acids is 2. The van der Waals surface area contributed by atoms with Gasteiger partial charge >= 0.3 is 0 Å². The van der Waals surface area contributed by atoms with Crippen molar-refractivity contribution in [1.82, 2.24) is 10.2 Å². The Labute approximate surface area is 219 Å². The average Bonchev–Trinajstić information content (AvgIpc) is 2.84. The maximum atomic E-state index is 13.3. The molecular formula is C26H36ClN3O5S. The number of benzene rings is 2. The lowest BCUT2D eigenvalue weighted by Crippen LogP contribution is -2.49. The SMILES string of the molecule is CC[C@H](C)NC(=O)[C@@H](C)N(Cc1ccc(Cl)cc1)C(=O)CCCN(c1cccc(OC)c1)S(C)(=O)=O. The fraction of sp³-hybridized carbons (Fsp3) is 0.462. The van der Waals surface area contributed by atoms with Crippen LogP contribution in [0.15, 0.2) is 48.5 Å². The van der Waals surface area contributed by atoms with E-state index in [0.717, 1.165) is 18.2 Å². The number of anilines is 1. The predicted octanol–water partition coefficient (Wildman–Crippen LogP) is 4.23. The second-order valence-corrected chi connectivity index (χ2v) is 11.1. The van der Waals surface area contributed by atoms with E-state index in [2.05, 4.69) is 5.32 Å². The lowest BCUT2D eigenvalue weighted by atomic mass is 10.1. The molecule has 0 aliphatic carbocycles. The number of ether oxygens (including phenoxy) is 1. The minimum Gasteiger partial charge on any atom is -0.497 e. The molecule has 0 heterocycles. The van der Waals surface area contributed by atoms with E-state index < -0.39 is 16.1 Å². The molecule has 2 aromatic carbocycles. The molecule has 2 rings (SSSR count). The van der Waals surface area contributed by atoms with Crippen molar-refractivity contribution in [2.24, 2.45) is 0 Å². The molecule has 2 aromatic rings. The van der Waals surface area contributed by atoms with E-state index >= 15 is 0 Å². The lowest BCUT2D eigenvalue weighted by molar-refractivity contribution is -0.140. The molecule has 0 fully saturated rings. The molecule has 0 aromatic heterocycles. The molecule has 0 saturated carbocycles. The molecule has 0 bridgehead atoms. The van der Waals surface area contributed by atoms with E-state index in [4.69, 9.17) is 16.3 Å². The lowest BCUT2D eigenvalue weighted by Gasteiger charge is -2.30. The number of rotatable bonds is 13. The van der Waals surface area contributed by atoms with E-state index in [0.29, 0.717) is 16.5 Å². The van der Waals surface area contributed by atoms with Crippen LogP contribution in [0.1, 0.15) is 45.6 Å². The van der Waals surface area contributed by atoms with Gasteiger partial charge in [-0.3, -0.25) is 13.9 Å². The highest BCUT2D eigenvalue weighted by Crippen LogP contribution is 2.24. The Balaban J connectivity index is 2.17. The third-order valence-electron chi connectivity index (χ3n) is 5.93. The fourth-order valence-electron chi connectivity index (χ4n) is 3.60. The Bertz CT molecular complexity index is 1120. The van der Waals surface area contributed by atoms with Crippen LogP contribution in [0.3, 0.4) is 0 Å². The molecule has 2 atom stereocenters. The van der Waals surface area contributed by atoms with Crippen molar-refractivity contribution in [2.45, 2.75) is 58.7 Å². The van der Waals surface area contributed by atoms with Gasteiger partial charge < -0.3 is 15.0 Å². The second kappa shape index (κ2) is 13.5. The zero-order valence-corrected chi connectivity index (χ0v) is 23.1. The van der Waals surface area contributed by atoms with Crippen molar-refractivity contribution in [3.63, 3.8) is 0 Å². The summed E-state index contributed by atoms with van der Waals surface area (Å²) in [5, 5.41) is 3.51. The average molecular weight is 538 g/mol. The van der Waals surface area contributed by atoms with Crippen LogP contribution in [0.5, 0.6) is 5.75 Å². The van der Waals surface area contributed by atoms with E-state index in [1.807, 2.05) is 26.0 Å². The largest absolute Gasteiger partial charge is 0.497 e. The number of carbonyl (C=O) groups is 2. The minimum atomic E-state index is -3.58. The van der Waals surface area contributed by atoms with Crippen molar-refractivity contribution in [2.75, 3.05) is 24.2 Å². The maximum Gasteiger partial charge on any atom is 0.242 e. The molecule has 0 spiro atoms. The number of nitrogens with zero attached hydrogens (tertiary/aromatic N) is 2. The van der Waals surface area contributed by atoms with Gasteiger partial charge in [-0.1, -0.05) is 36.7 Å². The zero-order valence-electron chi connectivity index (χ0n) is 21.5. The van der Waals surface area contributed by atoms with Crippen LogP contribution in [-0.2, 0) is 26.2 Å². The molecule has 10 heteroatoms. The van der Waals surface area contributed by atoms with Crippen LogP contribution in [0.2, 0.25) is 5.02 Å². The van der Waals surface area contributed by atoms with Gasteiger partial charge in [-0.2, -0.15) is 0 Å². The zero-order chi connectivity index (χ0) is 26.9. The van der Waals surface area contributed by atoms with Crippen molar-refractivity contribution in [1.29, 1.82) is 0 Å². The van der Waals surface area contributed by atoms with Gasteiger partial charge in [0.2, 0.25) is 21.8 Å². The summed E-state index contributed by atoms with van der Waals surface area (Å²) in [6.45, 7) is 5.93. The normalized spacial score (nSPS) is 12.9. The third kappa shape index (κ3) is 8.71. The Morgan fingerprint density at radius 2 is 1.78 bits per heavy atom. The van der Waals surface area contributed by atoms with Gasteiger partial charge in [0.05, 0.1) is 19.1 Å². The summed E-state index contributed by atoms with van der Waals surface area (Å²) in [4.78, 5) is 27.7. The molecular weight excluding hydrogens is 502 g/mol. The van der Waals surface area contributed by atoms with Gasteiger partial charge in [0.1, 0.15) is 11.8 Å². The van der Waals surface area contributed by atoms with Crippen LogP contribution in [-0.4, -0.2) is 57.1 Å². The summed E-state index contributed by atoms with van der Waals surface area (Å²) in [7, 11) is -2.07. The summed E-state index contributed by atoms with van der Waals surface area (Å²) in [5.74, 6) is 0.0594. The van der Waals surface area contributed by atoms with E-state index in [1.54, 1.807) is 43.3 Å². The molecule has 1 N–H and O–H groups in total. The van der Waals surface area contributed by atoms with Crippen LogP contribution in [0.4, 0.5) is 5.69 Å². The Kier molecular flexibility index (Phi) is 11.0. The van der Waals surface area contributed by atoms with E-state index in [1.165, 1.54) is 16.3 Å².